The molecule has 4 nitrogen and oxygen atoms in total. The lowest BCUT2D eigenvalue weighted by atomic mass is 10.0. The number of carbonyl (C=O) groups excluding carboxylic acids is 2. The molecular weight excluding hydrogens is 312 g/mol. The Balaban J connectivity index is 2.31. The summed E-state index contributed by atoms with van der Waals surface area (Å²) in [5.41, 5.74) is 1.83. The zero-order valence-electron chi connectivity index (χ0n) is 12.6. The number of Topliss-reactive ketones (excluding diaryl/α,β-unsaturated/α-hetero) is 1. The molecule has 116 valence electrons. The number of nitrogens with zero attached hydrogens (tertiary/aromatic N) is 1. The van der Waals surface area contributed by atoms with Gasteiger partial charge in [0.15, 0.2) is 0 Å². The first-order chi connectivity index (χ1) is 11.0. The fourth-order valence-electron chi connectivity index (χ4n) is 2.17. The predicted molar refractivity (Wildman–Crippen MR) is 89.6 cm³/mol. The third kappa shape index (κ3) is 4.18. The monoisotopic (exact) mass is 326 g/mol. The van der Waals surface area contributed by atoms with Gasteiger partial charge in [-0.2, -0.15) is 5.26 Å². The number of hydrogen-bond acceptors (Lipinski definition) is 3. The van der Waals surface area contributed by atoms with E-state index in [2.05, 4.69) is 5.32 Å². The highest BCUT2D eigenvalue weighted by molar-refractivity contribution is 6.34. The lowest BCUT2D eigenvalue weighted by Gasteiger charge is -2.11. The van der Waals surface area contributed by atoms with Gasteiger partial charge in [-0.25, -0.2) is 0 Å². The third-order valence-corrected chi connectivity index (χ3v) is 3.67. The van der Waals surface area contributed by atoms with Crippen molar-refractivity contribution in [3.8, 4) is 6.07 Å². The van der Waals surface area contributed by atoms with Gasteiger partial charge >= 0.3 is 0 Å². The molecule has 2 rings (SSSR count). The zero-order chi connectivity index (χ0) is 16.8. The summed E-state index contributed by atoms with van der Waals surface area (Å²) in [6.45, 7) is 1.78. The Hall–Kier alpha value is -2.64. The minimum atomic E-state index is -0.399. The number of nitriles is 1. The number of carbonyl (C=O) groups is 2. The fraction of sp³-hybridized carbons (Fsp3) is 0.167. The predicted octanol–water partition coefficient (Wildman–Crippen LogP) is 3.99. The molecule has 2 aromatic carbocycles. The van der Waals surface area contributed by atoms with Crippen molar-refractivity contribution in [2.24, 2.45) is 0 Å². The van der Waals surface area contributed by atoms with Crippen LogP contribution in [0.1, 0.15) is 34.8 Å². The van der Waals surface area contributed by atoms with Crippen molar-refractivity contribution in [3.63, 3.8) is 0 Å². The lowest BCUT2D eigenvalue weighted by Crippen LogP contribution is -2.16. The largest absolute Gasteiger partial charge is 0.322 e. The molecule has 0 radical (unpaired) electrons. The van der Waals surface area contributed by atoms with Gasteiger partial charge in [0.25, 0.3) is 5.91 Å². The molecule has 0 aliphatic carbocycles. The third-order valence-electron chi connectivity index (χ3n) is 3.36. The highest BCUT2D eigenvalue weighted by Crippen LogP contribution is 2.23. The molecule has 0 unspecified atom stereocenters. The number of halogens is 1. The van der Waals surface area contributed by atoms with Crippen molar-refractivity contribution in [2.45, 2.75) is 19.8 Å². The van der Waals surface area contributed by atoms with Gasteiger partial charge in [0.2, 0.25) is 0 Å². The van der Waals surface area contributed by atoms with Crippen LogP contribution in [0.15, 0.2) is 42.5 Å². The number of rotatable bonds is 5. The van der Waals surface area contributed by atoms with Crippen molar-refractivity contribution < 1.29 is 9.59 Å². The van der Waals surface area contributed by atoms with Crippen molar-refractivity contribution >= 4 is 29.0 Å². The van der Waals surface area contributed by atoms with Gasteiger partial charge in [-0.1, -0.05) is 36.7 Å². The summed E-state index contributed by atoms with van der Waals surface area (Å²) < 4.78 is 0. The highest BCUT2D eigenvalue weighted by Gasteiger charge is 2.17. The van der Waals surface area contributed by atoms with E-state index in [-0.39, 0.29) is 12.2 Å². The number of hydrogen-bond donors (Lipinski definition) is 1. The van der Waals surface area contributed by atoms with Gasteiger partial charge < -0.3 is 5.32 Å². The van der Waals surface area contributed by atoms with E-state index >= 15 is 0 Å². The number of amides is 1. The summed E-state index contributed by atoms with van der Waals surface area (Å²) in [5.74, 6) is -0.364. The summed E-state index contributed by atoms with van der Waals surface area (Å²) in [4.78, 5) is 24.2. The minimum Gasteiger partial charge on any atom is -0.322 e. The molecule has 0 saturated heterocycles. The molecule has 0 bridgehead atoms. The van der Waals surface area contributed by atoms with Crippen LogP contribution in [-0.4, -0.2) is 11.7 Å². The molecule has 0 aliphatic heterocycles. The van der Waals surface area contributed by atoms with Crippen molar-refractivity contribution in [1.29, 1.82) is 5.26 Å². The smallest absolute Gasteiger partial charge is 0.257 e. The van der Waals surface area contributed by atoms with E-state index in [4.69, 9.17) is 16.9 Å². The van der Waals surface area contributed by atoms with Gasteiger partial charge in [0, 0.05) is 18.5 Å². The first kappa shape index (κ1) is 16.7. The Morgan fingerprint density at radius 1 is 1.22 bits per heavy atom. The van der Waals surface area contributed by atoms with E-state index in [0.717, 1.165) is 0 Å². The second-order valence-electron chi connectivity index (χ2n) is 4.99. The molecule has 23 heavy (non-hydrogen) atoms. The molecule has 2 aromatic rings. The SMILES string of the molecule is CCC(=O)Cc1cccc(Cl)c1C(=O)Nc1cccc(C#N)c1. The van der Waals surface area contributed by atoms with E-state index in [0.29, 0.717) is 33.8 Å². The van der Waals surface area contributed by atoms with Crippen molar-refractivity contribution in [1.82, 2.24) is 0 Å². The quantitative estimate of drug-likeness (QED) is 0.903. The Kier molecular flexibility index (Phi) is 5.51. The van der Waals surface area contributed by atoms with E-state index in [1.54, 1.807) is 49.4 Å². The van der Waals surface area contributed by atoms with Crippen LogP contribution in [-0.2, 0) is 11.2 Å². The Morgan fingerprint density at radius 3 is 2.65 bits per heavy atom. The van der Waals surface area contributed by atoms with Gasteiger partial charge in [0.05, 0.1) is 22.2 Å². The van der Waals surface area contributed by atoms with E-state index in [9.17, 15) is 9.59 Å². The number of anilines is 1. The zero-order valence-corrected chi connectivity index (χ0v) is 13.4. The molecule has 1 amide bonds. The fourth-order valence-corrected chi connectivity index (χ4v) is 2.45. The second-order valence-corrected chi connectivity index (χ2v) is 5.40. The topological polar surface area (TPSA) is 70.0 Å². The Morgan fingerprint density at radius 2 is 1.96 bits per heavy atom. The normalized spacial score (nSPS) is 9.96. The van der Waals surface area contributed by atoms with Gasteiger partial charge in [-0.3, -0.25) is 9.59 Å². The van der Waals surface area contributed by atoms with E-state index in [1.807, 2.05) is 6.07 Å². The van der Waals surface area contributed by atoms with E-state index < -0.39 is 5.91 Å². The standard InChI is InChI=1S/C18H15ClN2O2/c1-2-15(22)10-13-6-4-8-16(19)17(13)18(23)21-14-7-3-5-12(9-14)11-20/h3-9H,2,10H2,1H3,(H,21,23). The number of benzene rings is 2. The average molecular weight is 327 g/mol. The van der Waals surface area contributed by atoms with Crippen molar-refractivity contribution in [3.05, 3.63) is 64.2 Å². The molecule has 0 aliphatic rings. The maximum absolute atomic E-state index is 12.5. The summed E-state index contributed by atoms with van der Waals surface area (Å²) in [5, 5.41) is 11.9. The Bertz CT molecular complexity index is 794. The molecule has 5 heteroatoms. The first-order valence-electron chi connectivity index (χ1n) is 7.15. The van der Waals surface area contributed by atoms with Crippen LogP contribution < -0.4 is 5.32 Å². The van der Waals surface area contributed by atoms with Crippen LogP contribution in [0.5, 0.6) is 0 Å². The van der Waals surface area contributed by atoms with E-state index in [1.165, 1.54) is 0 Å². The maximum atomic E-state index is 12.5. The summed E-state index contributed by atoms with van der Waals surface area (Å²) in [6.07, 6.45) is 0.565. The minimum absolute atomic E-state index is 0.0350. The number of nitrogens with one attached hydrogen (secondary N) is 1. The molecule has 1 N–H and O–H groups in total. The Labute approximate surface area is 139 Å². The molecule has 0 aromatic heterocycles. The van der Waals surface area contributed by atoms with Crippen molar-refractivity contribution in [2.75, 3.05) is 5.32 Å². The van der Waals surface area contributed by atoms with Gasteiger partial charge in [-0.15, -0.1) is 0 Å². The molecule has 0 spiro atoms. The van der Waals surface area contributed by atoms with Crippen LogP contribution >= 0.6 is 11.6 Å². The van der Waals surface area contributed by atoms with Crippen LogP contribution in [0, 0.1) is 11.3 Å². The van der Waals surface area contributed by atoms with Gasteiger partial charge in [-0.05, 0) is 29.8 Å². The lowest BCUT2D eigenvalue weighted by molar-refractivity contribution is -0.118. The highest BCUT2D eigenvalue weighted by atomic mass is 35.5. The second kappa shape index (κ2) is 7.57. The number of ketones is 1. The molecule has 0 saturated carbocycles. The van der Waals surface area contributed by atoms with Crippen LogP contribution in [0.25, 0.3) is 0 Å². The summed E-state index contributed by atoms with van der Waals surface area (Å²) >= 11 is 6.15. The average Bonchev–Trinajstić information content (AvgIpc) is 2.54. The first-order valence-corrected chi connectivity index (χ1v) is 7.53. The van der Waals surface area contributed by atoms with Crippen LogP contribution in [0.3, 0.4) is 0 Å². The molecular formula is C18H15ClN2O2. The molecule has 0 heterocycles. The van der Waals surface area contributed by atoms with Crippen LogP contribution in [0.4, 0.5) is 5.69 Å². The van der Waals surface area contributed by atoms with Crippen LogP contribution in [0.2, 0.25) is 5.02 Å². The maximum Gasteiger partial charge on any atom is 0.257 e. The van der Waals surface area contributed by atoms with Gasteiger partial charge in [0.1, 0.15) is 5.78 Å². The summed E-state index contributed by atoms with van der Waals surface area (Å²) in [7, 11) is 0. The summed E-state index contributed by atoms with van der Waals surface area (Å²) in [6, 6.07) is 13.7. The molecule has 0 fully saturated rings. The molecule has 0 atom stereocenters.